The molecule has 1 aliphatic heterocycles. The zero-order chi connectivity index (χ0) is 18.5. The second kappa shape index (κ2) is 8.38. The number of nitrogens with zero attached hydrogens (tertiary/aromatic N) is 1. The minimum Gasteiger partial charge on any atom is -0.490 e. The molecule has 2 amide bonds. The van der Waals surface area contributed by atoms with Gasteiger partial charge in [0.25, 0.3) is 11.1 Å². The predicted molar refractivity (Wildman–Crippen MR) is 108 cm³/mol. The van der Waals surface area contributed by atoms with Gasteiger partial charge < -0.3 is 4.74 Å². The van der Waals surface area contributed by atoms with Crippen molar-refractivity contribution < 1.29 is 14.3 Å². The summed E-state index contributed by atoms with van der Waals surface area (Å²) >= 11 is 4.40. The van der Waals surface area contributed by atoms with Crippen LogP contribution in [0.3, 0.4) is 0 Å². The summed E-state index contributed by atoms with van der Waals surface area (Å²) in [5, 5.41) is -0.268. The minimum absolute atomic E-state index is 0.242. The average Bonchev–Trinajstić information content (AvgIpc) is 2.89. The molecular weight excluding hydrogens is 414 g/mol. The number of rotatable bonds is 6. The van der Waals surface area contributed by atoms with Crippen molar-refractivity contribution in [3.8, 4) is 5.75 Å². The lowest BCUT2D eigenvalue weighted by Crippen LogP contribution is -2.27. The van der Waals surface area contributed by atoms with Crippen molar-refractivity contribution in [3.63, 3.8) is 0 Å². The van der Waals surface area contributed by atoms with Gasteiger partial charge in [0.1, 0.15) is 12.4 Å². The summed E-state index contributed by atoms with van der Waals surface area (Å²) in [5.41, 5.74) is 1.69. The Kier molecular flexibility index (Phi) is 5.96. The largest absolute Gasteiger partial charge is 0.490 e. The summed E-state index contributed by atoms with van der Waals surface area (Å²) in [6.45, 7) is 4.27. The van der Waals surface area contributed by atoms with Crippen LogP contribution in [0.15, 0.2) is 70.6 Å². The maximum atomic E-state index is 12.6. The molecule has 26 heavy (non-hydrogen) atoms. The van der Waals surface area contributed by atoms with Crippen molar-refractivity contribution in [3.05, 3.63) is 81.7 Å². The molecule has 0 N–H and O–H groups in total. The van der Waals surface area contributed by atoms with E-state index in [2.05, 4.69) is 22.5 Å². The molecule has 0 unspecified atom stereocenters. The molecule has 0 radical (unpaired) electrons. The van der Waals surface area contributed by atoms with Gasteiger partial charge in [0.2, 0.25) is 0 Å². The second-order valence-electron chi connectivity index (χ2n) is 5.53. The van der Waals surface area contributed by atoms with E-state index in [4.69, 9.17) is 4.74 Å². The molecular formula is C20H16BrNO3S. The Morgan fingerprint density at radius 2 is 1.96 bits per heavy atom. The van der Waals surface area contributed by atoms with Crippen LogP contribution in [0.25, 0.3) is 6.08 Å². The summed E-state index contributed by atoms with van der Waals surface area (Å²) < 4.78 is 6.37. The Hall–Kier alpha value is -2.31. The summed E-state index contributed by atoms with van der Waals surface area (Å²) in [6, 6.07) is 14.9. The Bertz CT molecular complexity index is 894. The summed E-state index contributed by atoms with van der Waals surface area (Å²) in [5.74, 6) is 0.402. The third-order valence-corrected chi connectivity index (χ3v) is 5.36. The van der Waals surface area contributed by atoms with Crippen molar-refractivity contribution in [1.29, 1.82) is 0 Å². The quantitative estimate of drug-likeness (QED) is 0.464. The molecule has 6 heteroatoms. The molecule has 4 nitrogen and oxygen atoms in total. The van der Waals surface area contributed by atoms with Gasteiger partial charge in [-0.3, -0.25) is 14.5 Å². The number of hydrogen-bond acceptors (Lipinski definition) is 4. The van der Waals surface area contributed by atoms with Crippen LogP contribution in [0.1, 0.15) is 11.1 Å². The molecule has 1 heterocycles. The second-order valence-corrected chi connectivity index (χ2v) is 7.38. The van der Waals surface area contributed by atoms with Gasteiger partial charge >= 0.3 is 0 Å². The van der Waals surface area contributed by atoms with Crippen molar-refractivity contribution in [2.24, 2.45) is 0 Å². The molecule has 0 aliphatic carbocycles. The minimum atomic E-state index is -0.284. The highest BCUT2D eigenvalue weighted by atomic mass is 79.9. The molecule has 2 aromatic carbocycles. The molecule has 0 spiro atoms. The van der Waals surface area contributed by atoms with Crippen molar-refractivity contribution in [2.45, 2.75) is 6.54 Å². The zero-order valence-electron chi connectivity index (χ0n) is 13.9. The highest BCUT2D eigenvalue weighted by Crippen LogP contribution is 2.34. The van der Waals surface area contributed by atoms with Gasteiger partial charge in [0, 0.05) is 4.47 Å². The number of carbonyl (C=O) groups excluding carboxylic acids is 2. The molecule has 1 fully saturated rings. The molecule has 1 saturated heterocycles. The molecule has 132 valence electrons. The maximum absolute atomic E-state index is 12.6. The smallest absolute Gasteiger partial charge is 0.293 e. The molecule has 0 aromatic heterocycles. The number of benzene rings is 2. The maximum Gasteiger partial charge on any atom is 0.293 e. The fourth-order valence-electron chi connectivity index (χ4n) is 2.43. The third kappa shape index (κ3) is 4.26. The van der Waals surface area contributed by atoms with E-state index in [0.717, 1.165) is 27.4 Å². The first kappa shape index (κ1) is 18.5. The van der Waals surface area contributed by atoms with E-state index >= 15 is 0 Å². The number of carbonyl (C=O) groups is 2. The first-order valence-corrected chi connectivity index (χ1v) is 9.52. The van der Waals surface area contributed by atoms with E-state index in [0.29, 0.717) is 17.3 Å². The van der Waals surface area contributed by atoms with Crippen LogP contribution < -0.4 is 4.74 Å². The Balaban J connectivity index is 1.79. The lowest BCUT2D eigenvalue weighted by molar-refractivity contribution is -0.123. The zero-order valence-corrected chi connectivity index (χ0v) is 16.3. The van der Waals surface area contributed by atoms with E-state index in [1.54, 1.807) is 12.2 Å². The van der Waals surface area contributed by atoms with Crippen LogP contribution >= 0.6 is 27.7 Å². The normalized spacial score (nSPS) is 15.6. The predicted octanol–water partition coefficient (Wildman–Crippen LogP) is 5.25. The van der Waals surface area contributed by atoms with Gasteiger partial charge in [0.15, 0.2) is 0 Å². The first-order chi connectivity index (χ1) is 12.6. The van der Waals surface area contributed by atoms with E-state index < -0.39 is 0 Å². The molecule has 0 atom stereocenters. The molecule has 0 bridgehead atoms. The van der Waals surface area contributed by atoms with Crippen molar-refractivity contribution in [2.75, 3.05) is 6.61 Å². The Morgan fingerprint density at radius 3 is 2.73 bits per heavy atom. The lowest BCUT2D eigenvalue weighted by Gasteiger charge is -2.13. The lowest BCUT2D eigenvalue weighted by atomic mass is 10.2. The third-order valence-electron chi connectivity index (χ3n) is 3.68. The summed E-state index contributed by atoms with van der Waals surface area (Å²) in [7, 11) is 0. The monoisotopic (exact) mass is 429 g/mol. The van der Waals surface area contributed by atoms with Gasteiger partial charge in [0.05, 0.1) is 11.4 Å². The average molecular weight is 430 g/mol. The van der Waals surface area contributed by atoms with Gasteiger partial charge in [-0.05, 0) is 47.2 Å². The number of halogens is 1. The van der Waals surface area contributed by atoms with Gasteiger partial charge in [-0.2, -0.15) is 0 Å². The molecule has 1 aliphatic rings. The van der Waals surface area contributed by atoms with Gasteiger partial charge in [-0.15, -0.1) is 0 Å². The van der Waals surface area contributed by atoms with Crippen LogP contribution in [-0.2, 0) is 11.3 Å². The standard InChI is InChI=1S/C20H16BrNO3S/c1-2-10-25-16-8-5-6-14(11-16)12-18-19(23)22(20(24)26-18)13-15-7-3-4-9-17(15)21/h2-9,11-12H,1,10,13H2/b18-12-. The van der Waals surface area contributed by atoms with Crippen molar-refractivity contribution >= 4 is 44.9 Å². The van der Waals surface area contributed by atoms with Gasteiger partial charge in [-0.25, -0.2) is 0 Å². The SMILES string of the molecule is C=CCOc1cccc(/C=C2\SC(=O)N(Cc3ccccc3Br)C2=O)c1. The Labute approximate surface area is 164 Å². The summed E-state index contributed by atoms with van der Waals surface area (Å²) in [6.07, 6.45) is 3.38. The van der Waals surface area contributed by atoms with Crippen molar-refractivity contribution in [1.82, 2.24) is 4.90 Å². The van der Waals surface area contributed by atoms with Crippen LogP contribution in [0.5, 0.6) is 5.75 Å². The van der Waals surface area contributed by atoms with Crippen LogP contribution in [0, 0.1) is 0 Å². The number of thioether (sulfide) groups is 1. The summed E-state index contributed by atoms with van der Waals surface area (Å²) in [4.78, 5) is 26.6. The fourth-order valence-corrected chi connectivity index (χ4v) is 3.68. The van der Waals surface area contributed by atoms with Gasteiger partial charge in [-0.1, -0.05) is 58.9 Å². The van der Waals surface area contributed by atoms with E-state index in [-0.39, 0.29) is 17.7 Å². The van der Waals surface area contributed by atoms with E-state index in [1.165, 1.54) is 4.90 Å². The fraction of sp³-hybridized carbons (Fsp3) is 0.100. The highest BCUT2D eigenvalue weighted by Gasteiger charge is 2.35. The van der Waals surface area contributed by atoms with E-state index in [9.17, 15) is 9.59 Å². The number of hydrogen-bond donors (Lipinski definition) is 0. The topological polar surface area (TPSA) is 46.6 Å². The highest BCUT2D eigenvalue weighted by molar-refractivity contribution is 9.10. The molecule has 2 aromatic rings. The van der Waals surface area contributed by atoms with Crippen LogP contribution in [0.4, 0.5) is 4.79 Å². The number of ether oxygens (including phenoxy) is 1. The number of imide groups is 1. The van der Waals surface area contributed by atoms with E-state index in [1.807, 2.05) is 48.5 Å². The Morgan fingerprint density at radius 1 is 1.15 bits per heavy atom. The van der Waals surface area contributed by atoms with Crippen LogP contribution in [0.2, 0.25) is 0 Å². The first-order valence-electron chi connectivity index (χ1n) is 7.91. The number of amides is 2. The molecule has 0 saturated carbocycles. The van der Waals surface area contributed by atoms with Crippen LogP contribution in [-0.4, -0.2) is 22.7 Å². The molecule has 3 rings (SSSR count).